The van der Waals surface area contributed by atoms with Crippen LogP contribution in [-0.4, -0.2) is 37.5 Å². The zero-order chi connectivity index (χ0) is 16.6. The van der Waals surface area contributed by atoms with E-state index in [0.29, 0.717) is 11.3 Å². The molecule has 1 aliphatic heterocycles. The molecule has 128 valence electrons. The first-order chi connectivity index (χ1) is 10.9. The Balaban J connectivity index is 1.69. The molecule has 0 saturated carbocycles. The molecule has 23 heavy (non-hydrogen) atoms. The van der Waals surface area contributed by atoms with Gasteiger partial charge in [-0.2, -0.15) is 0 Å². The van der Waals surface area contributed by atoms with Crippen LogP contribution < -0.4 is 5.32 Å². The second-order valence-corrected chi connectivity index (χ2v) is 9.47. The summed E-state index contributed by atoms with van der Waals surface area (Å²) in [4.78, 5) is 17.3. The Morgan fingerprint density at radius 1 is 1.39 bits per heavy atom. The van der Waals surface area contributed by atoms with Crippen LogP contribution in [0.15, 0.2) is 6.07 Å². The second kappa shape index (κ2) is 6.56. The highest BCUT2D eigenvalue weighted by Gasteiger charge is 2.32. The van der Waals surface area contributed by atoms with Crippen LogP contribution in [0.3, 0.4) is 0 Å². The van der Waals surface area contributed by atoms with Gasteiger partial charge in [0.25, 0.3) is 5.91 Å². The second-order valence-electron chi connectivity index (χ2n) is 8.33. The third kappa shape index (κ3) is 3.63. The molecule has 2 heterocycles. The molecule has 3 nitrogen and oxygen atoms in total. The standard InChI is InChI=1S/C19H30N2OS/c1-19(2,3)15-5-6-16-14(9-15)10-17(23-16)18(22)21-8-7-13(12-21)11-20-4/h10,13,15,20H,5-9,11-12H2,1-4H3. The highest BCUT2D eigenvalue weighted by Crippen LogP contribution is 2.40. The van der Waals surface area contributed by atoms with Crippen molar-refractivity contribution in [2.24, 2.45) is 17.3 Å². The number of hydrogen-bond donors (Lipinski definition) is 1. The number of aryl methyl sites for hydroxylation is 1. The largest absolute Gasteiger partial charge is 0.338 e. The molecule has 0 radical (unpaired) electrons. The molecule has 1 aromatic heterocycles. The first-order valence-corrected chi connectivity index (χ1v) is 9.75. The predicted octanol–water partition coefficient (Wildman–Crippen LogP) is 3.58. The minimum absolute atomic E-state index is 0.260. The van der Waals surface area contributed by atoms with Gasteiger partial charge >= 0.3 is 0 Å². The summed E-state index contributed by atoms with van der Waals surface area (Å²) < 4.78 is 0. The van der Waals surface area contributed by atoms with Crippen LogP contribution in [0.1, 0.15) is 53.7 Å². The number of carbonyl (C=O) groups is 1. The maximum Gasteiger partial charge on any atom is 0.263 e. The number of thiophene rings is 1. The van der Waals surface area contributed by atoms with E-state index in [1.807, 2.05) is 7.05 Å². The first kappa shape index (κ1) is 17.0. The number of amides is 1. The summed E-state index contributed by atoms with van der Waals surface area (Å²) in [6.07, 6.45) is 4.69. The van der Waals surface area contributed by atoms with E-state index >= 15 is 0 Å². The monoisotopic (exact) mass is 334 g/mol. The van der Waals surface area contributed by atoms with Gasteiger partial charge in [-0.1, -0.05) is 20.8 Å². The van der Waals surface area contributed by atoms with E-state index in [9.17, 15) is 4.79 Å². The number of fused-ring (bicyclic) bond motifs is 1. The Morgan fingerprint density at radius 3 is 2.87 bits per heavy atom. The summed E-state index contributed by atoms with van der Waals surface area (Å²) in [6.45, 7) is 9.86. The predicted molar refractivity (Wildman–Crippen MR) is 97.2 cm³/mol. The van der Waals surface area contributed by atoms with Crippen molar-refractivity contribution < 1.29 is 4.79 Å². The van der Waals surface area contributed by atoms with Crippen LogP contribution in [0, 0.1) is 17.3 Å². The summed E-state index contributed by atoms with van der Waals surface area (Å²) in [5, 5.41) is 3.23. The third-order valence-corrected chi connectivity index (χ3v) is 6.81. The van der Waals surface area contributed by atoms with Gasteiger partial charge in [0.2, 0.25) is 0 Å². The molecule has 2 unspecified atom stereocenters. The van der Waals surface area contributed by atoms with Crippen molar-refractivity contribution in [2.45, 2.75) is 46.5 Å². The molecule has 1 saturated heterocycles. The van der Waals surface area contributed by atoms with Gasteiger partial charge in [0.05, 0.1) is 4.88 Å². The molecule has 3 rings (SSSR count). The Morgan fingerprint density at radius 2 is 2.17 bits per heavy atom. The van der Waals surface area contributed by atoms with Crippen LogP contribution in [0.25, 0.3) is 0 Å². The van der Waals surface area contributed by atoms with Crippen molar-refractivity contribution in [2.75, 3.05) is 26.7 Å². The molecular weight excluding hydrogens is 304 g/mol. The minimum Gasteiger partial charge on any atom is -0.338 e. The van der Waals surface area contributed by atoms with E-state index in [1.165, 1.54) is 16.9 Å². The number of nitrogens with zero attached hydrogens (tertiary/aromatic N) is 1. The topological polar surface area (TPSA) is 32.3 Å². The van der Waals surface area contributed by atoms with E-state index in [0.717, 1.165) is 49.7 Å². The van der Waals surface area contributed by atoms with Crippen molar-refractivity contribution in [3.8, 4) is 0 Å². The highest BCUT2D eigenvalue weighted by molar-refractivity contribution is 7.14. The lowest BCUT2D eigenvalue weighted by molar-refractivity contribution is 0.0792. The van der Waals surface area contributed by atoms with Crippen LogP contribution in [0.2, 0.25) is 0 Å². The first-order valence-electron chi connectivity index (χ1n) is 8.94. The molecule has 2 aliphatic rings. The van der Waals surface area contributed by atoms with Crippen LogP contribution in [0.5, 0.6) is 0 Å². The normalized spacial score (nSPS) is 24.8. The average molecular weight is 335 g/mol. The van der Waals surface area contributed by atoms with Crippen LogP contribution in [-0.2, 0) is 12.8 Å². The summed E-state index contributed by atoms with van der Waals surface area (Å²) in [5.74, 6) is 1.61. The Kier molecular flexibility index (Phi) is 4.84. The van der Waals surface area contributed by atoms with Crippen LogP contribution in [0.4, 0.5) is 0 Å². The van der Waals surface area contributed by atoms with Gasteiger partial charge in [0, 0.05) is 18.0 Å². The molecule has 0 spiro atoms. The fraction of sp³-hybridized carbons (Fsp3) is 0.737. The molecule has 1 N–H and O–H groups in total. The van der Waals surface area contributed by atoms with Crippen molar-refractivity contribution in [3.63, 3.8) is 0 Å². The summed E-state index contributed by atoms with van der Waals surface area (Å²) in [6, 6.07) is 2.20. The molecule has 0 bridgehead atoms. The molecular formula is C19H30N2OS. The number of nitrogens with one attached hydrogen (secondary N) is 1. The Bertz CT molecular complexity index is 572. The van der Waals surface area contributed by atoms with E-state index in [4.69, 9.17) is 0 Å². The molecule has 0 aromatic carbocycles. The molecule has 4 heteroatoms. The molecule has 1 amide bonds. The number of carbonyl (C=O) groups excluding carboxylic acids is 1. The molecule has 1 aromatic rings. The smallest absolute Gasteiger partial charge is 0.263 e. The fourth-order valence-corrected chi connectivity index (χ4v) is 5.17. The summed E-state index contributed by atoms with van der Waals surface area (Å²) in [7, 11) is 1.99. The maximum atomic E-state index is 12.8. The van der Waals surface area contributed by atoms with E-state index in [1.54, 1.807) is 11.3 Å². The van der Waals surface area contributed by atoms with Gasteiger partial charge in [-0.25, -0.2) is 0 Å². The van der Waals surface area contributed by atoms with Gasteiger partial charge in [0.15, 0.2) is 0 Å². The van der Waals surface area contributed by atoms with Gasteiger partial charge in [-0.05, 0) is 68.2 Å². The third-order valence-electron chi connectivity index (χ3n) is 5.58. The average Bonchev–Trinajstić information content (AvgIpc) is 3.11. The molecule has 1 aliphatic carbocycles. The number of likely N-dealkylation sites (tertiary alicyclic amines) is 1. The lowest BCUT2D eigenvalue weighted by Crippen LogP contribution is -2.29. The maximum absolute atomic E-state index is 12.8. The van der Waals surface area contributed by atoms with Crippen molar-refractivity contribution in [3.05, 3.63) is 21.4 Å². The zero-order valence-electron chi connectivity index (χ0n) is 14.9. The lowest BCUT2D eigenvalue weighted by atomic mass is 9.72. The van der Waals surface area contributed by atoms with Crippen molar-refractivity contribution in [1.82, 2.24) is 10.2 Å². The Hall–Kier alpha value is -0.870. The Labute approximate surface area is 144 Å². The van der Waals surface area contributed by atoms with E-state index in [2.05, 4.69) is 37.1 Å². The van der Waals surface area contributed by atoms with Gasteiger partial charge in [0.1, 0.15) is 0 Å². The summed E-state index contributed by atoms with van der Waals surface area (Å²) >= 11 is 1.75. The summed E-state index contributed by atoms with van der Waals surface area (Å²) in [5.41, 5.74) is 1.80. The van der Waals surface area contributed by atoms with Gasteiger partial charge < -0.3 is 10.2 Å². The van der Waals surface area contributed by atoms with Gasteiger partial charge in [-0.15, -0.1) is 11.3 Å². The van der Waals surface area contributed by atoms with E-state index < -0.39 is 0 Å². The lowest BCUT2D eigenvalue weighted by Gasteiger charge is -2.33. The van der Waals surface area contributed by atoms with Crippen molar-refractivity contribution in [1.29, 1.82) is 0 Å². The molecule has 2 atom stereocenters. The van der Waals surface area contributed by atoms with Crippen molar-refractivity contribution >= 4 is 17.2 Å². The number of rotatable bonds is 3. The SMILES string of the molecule is CNCC1CCN(C(=O)c2cc3c(s2)CCC(C(C)(C)C)C3)C1. The zero-order valence-corrected chi connectivity index (χ0v) is 15.8. The number of hydrogen-bond acceptors (Lipinski definition) is 3. The quantitative estimate of drug-likeness (QED) is 0.916. The minimum atomic E-state index is 0.260. The van der Waals surface area contributed by atoms with Crippen LogP contribution >= 0.6 is 11.3 Å². The molecule has 1 fully saturated rings. The van der Waals surface area contributed by atoms with E-state index in [-0.39, 0.29) is 5.91 Å². The highest BCUT2D eigenvalue weighted by atomic mass is 32.1. The fourth-order valence-electron chi connectivity index (χ4n) is 4.00. The van der Waals surface area contributed by atoms with Gasteiger partial charge in [-0.3, -0.25) is 4.79 Å².